The molecule has 7 heteroatoms. The standard InChI is InChI=1S/C15H19N5S2/c1-4-5-12-8-11(6-7-17-12)14-18-9(2)13(22-14)10(3)19-20-15(16)21/h6-8H,4-5H2,1-3H3,(H3,16,20,21)/b19-10+. The van der Waals surface area contributed by atoms with E-state index in [0.717, 1.165) is 45.4 Å². The molecule has 0 bridgehead atoms. The van der Waals surface area contributed by atoms with Crippen LogP contribution >= 0.6 is 23.6 Å². The van der Waals surface area contributed by atoms with Crippen molar-refractivity contribution < 1.29 is 0 Å². The third-order valence-corrected chi connectivity index (χ3v) is 4.44. The number of thiocarbonyl (C=S) groups is 1. The monoisotopic (exact) mass is 333 g/mol. The molecule has 0 aliphatic carbocycles. The first-order valence-electron chi connectivity index (χ1n) is 7.04. The molecule has 0 aromatic carbocycles. The lowest BCUT2D eigenvalue weighted by Crippen LogP contribution is -2.25. The first-order chi connectivity index (χ1) is 10.5. The summed E-state index contributed by atoms with van der Waals surface area (Å²) in [6, 6.07) is 4.09. The van der Waals surface area contributed by atoms with E-state index >= 15 is 0 Å². The number of nitrogens with zero attached hydrogens (tertiary/aromatic N) is 3. The van der Waals surface area contributed by atoms with Crippen molar-refractivity contribution in [3.8, 4) is 10.6 Å². The average molecular weight is 333 g/mol. The molecule has 2 heterocycles. The molecule has 0 spiro atoms. The van der Waals surface area contributed by atoms with E-state index in [-0.39, 0.29) is 5.11 Å². The zero-order chi connectivity index (χ0) is 16.1. The average Bonchev–Trinajstić information content (AvgIpc) is 2.87. The molecule has 116 valence electrons. The summed E-state index contributed by atoms with van der Waals surface area (Å²) in [7, 11) is 0. The van der Waals surface area contributed by atoms with Crippen LogP contribution in [-0.4, -0.2) is 20.8 Å². The van der Waals surface area contributed by atoms with Crippen molar-refractivity contribution in [2.45, 2.75) is 33.6 Å². The Kier molecular flexibility index (Phi) is 5.57. The van der Waals surface area contributed by atoms with Crippen LogP contribution in [0.2, 0.25) is 0 Å². The highest BCUT2D eigenvalue weighted by Gasteiger charge is 2.12. The second kappa shape index (κ2) is 7.42. The van der Waals surface area contributed by atoms with E-state index < -0.39 is 0 Å². The number of aryl methyl sites for hydroxylation is 2. The summed E-state index contributed by atoms with van der Waals surface area (Å²) >= 11 is 6.36. The van der Waals surface area contributed by atoms with Crippen molar-refractivity contribution in [1.29, 1.82) is 0 Å². The van der Waals surface area contributed by atoms with Gasteiger partial charge in [0.25, 0.3) is 0 Å². The molecule has 2 aromatic heterocycles. The summed E-state index contributed by atoms with van der Waals surface area (Å²) in [5, 5.41) is 5.29. The Hall–Kier alpha value is -1.86. The van der Waals surface area contributed by atoms with Crippen LogP contribution in [0.15, 0.2) is 23.4 Å². The van der Waals surface area contributed by atoms with Gasteiger partial charge >= 0.3 is 0 Å². The van der Waals surface area contributed by atoms with Gasteiger partial charge in [-0.15, -0.1) is 11.3 Å². The molecule has 0 unspecified atom stereocenters. The van der Waals surface area contributed by atoms with E-state index in [9.17, 15) is 0 Å². The zero-order valence-electron chi connectivity index (χ0n) is 12.9. The van der Waals surface area contributed by atoms with E-state index in [1.807, 2.05) is 26.1 Å². The minimum Gasteiger partial charge on any atom is -0.375 e. The third-order valence-electron chi connectivity index (χ3n) is 3.03. The highest BCUT2D eigenvalue weighted by Crippen LogP contribution is 2.28. The lowest BCUT2D eigenvalue weighted by molar-refractivity contribution is 0.883. The van der Waals surface area contributed by atoms with Crippen LogP contribution in [0.25, 0.3) is 10.6 Å². The van der Waals surface area contributed by atoms with Gasteiger partial charge in [0.05, 0.1) is 16.3 Å². The summed E-state index contributed by atoms with van der Waals surface area (Å²) in [5.41, 5.74) is 11.9. The maximum absolute atomic E-state index is 5.39. The van der Waals surface area contributed by atoms with Crippen LogP contribution in [0.4, 0.5) is 0 Å². The first kappa shape index (κ1) is 16.5. The molecule has 0 aliphatic rings. The number of hydrogen-bond donors (Lipinski definition) is 2. The summed E-state index contributed by atoms with van der Waals surface area (Å²) in [6.45, 7) is 6.03. The van der Waals surface area contributed by atoms with Crippen LogP contribution in [0.5, 0.6) is 0 Å². The molecule has 2 rings (SSSR count). The molecule has 0 fully saturated rings. The molecule has 0 saturated heterocycles. The van der Waals surface area contributed by atoms with Crippen LogP contribution in [0, 0.1) is 6.92 Å². The Balaban J connectivity index is 2.31. The van der Waals surface area contributed by atoms with E-state index in [0.29, 0.717) is 0 Å². The molecule has 0 atom stereocenters. The van der Waals surface area contributed by atoms with Gasteiger partial charge in [-0.2, -0.15) is 5.10 Å². The fourth-order valence-corrected chi connectivity index (χ4v) is 3.10. The molecular weight excluding hydrogens is 314 g/mol. The van der Waals surface area contributed by atoms with Crippen LogP contribution in [0.3, 0.4) is 0 Å². The fourth-order valence-electron chi connectivity index (χ4n) is 2.05. The van der Waals surface area contributed by atoms with Crippen molar-refractivity contribution in [3.05, 3.63) is 34.6 Å². The predicted octanol–water partition coefficient (Wildman–Crippen LogP) is 3.02. The van der Waals surface area contributed by atoms with Gasteiger partial charge in [0.2, 0.25) is 0 Å². The number of pyridine rings is 1. The van der Waals surface area contributed by atoms with E-state index in [2.05, 4.69) is 33.5 Å². The molecular formula is C15H19N5S2. The SMILES string of the molecule is CCCc1cc(-c2nc(C)c(/C(C)=N/NC(N)=S)s2)ccn1. The molecule has 0 aliphatic heterocycles. The number of rotatable bonds is 5. The lowest BCUT2D eigenvalue weighted by Gasteiger charge is -2.00. The number of nitrogens with two attached hydrogens (primary N) is 1. The Labute approximate surface area is 139 Å². The van der Waals surface area contributed by atoms with E-state index in [1.54, 1.807) is 11.3 Å². The first-order valence-corrected chi connectivity index (χ1v) is 8.26. The van der Waals surface area contributed by atoms with Crippen molar-refractivity contribution in [2.75, 3.05) is 0 Å². The topological polar surface area (TPSA) is 76.2 Å². The molecule has 5 nitrogen and oxygen atoms in total. The minimum atomic E-state index is 0.153. The number of aromatic nitrogens is 2. The largest absolute Gasteiger partial charge is 0.375 e. The summed E-state index contributed by atoms with van der Waals surface area (Å²) in [5.74, 6) is 0. The fraction of sp³-hybridized carbons (Fsp3) is 0.333. The van der Waals surface area contributed by atoms with Crippen LogP contribution < -0.4 is 11.2 Å². The predicted molar refractivity (Wildman–Crippen MR) is 96.2 cm³/mol. The number of thiazole rings is 1. The van der Waals surface area contributed by atoms with Gasteiger partial charge in [-0.05, 0) is 44.6 Å². The normalized spacial score (nSPS) is 11.5. The molecule has 2 aromatic rings. The van der Waals surface area contributed by atoms with Gasteiger partial charge in [-0.3, -0.25) is 10.4 Å². The Morgan fingerprint density at radius 3 is 2.95 bits per heavy atom. The summed E-state index contributed by atoms with van der Waals surface area (Å²) < 4.78 is 0. The lowest BCUT2D eigenvalue weighted by atomic mass is 10.2. The molecule has 0 amide bonds. The smallest absolute Gasteiger partial charge is 0.184 e. The number of hydrazone groups is 1. The Morgan fingerprint density at radius 1 is 1.50 bits per heavy atom. The summed E-state index contributed by atoms with van der Waals surface area (Å²) in [6.07, 6.45) is 3.89. The van der Waals surface area contributed by atoms with Crippen molar-refractivity contribution >= 4 is 34.4 Å². The number of nitrogens with one attached hydrogen (secondary N) is 1. The zero-order valence-corrected chi connectivity index (χ0v) is 14.5. The van der Waals surface area contributed by atoms with Gasteiger partial charge in [-0.25, -0.2) is 4.98 Å². The second-order valence-electron chi connectivity index (χ2n) is 4.89. The number of hydrogen-bond acceptors (Lipinski definition) is 5. The van der Waals surface area contributed by atoms with E-state index in [4.69, 9.17) is 18.0 Å². The van der Waals surface area contributed by atoms with Crippen molar-refractivity contribution in [2.24, 2.45) is 10.8 Å². The molecule has 22 heavy (non-hydrogen) atoms. The van der Waals surface area contributed by atoms with Gasteiger partial charge < -0.3 is 5.73 Å². The molecule has 3 N–H and O–H groups in total. The van der Waals surface area contributed by atoms with Gasteiger partial charge in [0.15, 0.2) is 5.11 Å². The maximum Gasteiger partial charge on any atom is 0.184 e. The highest BCUT2D eigenvalue weighted by molar-refractivity contribution is 7.80. The Morgan fingerprint density at radius 2 is 2.27 bits per heavy atom. The van der Waals surface area contributed by atoms with Gasteiger partial charge in [0, 0.05) is 17.5 Å². The van der Waals surface area contributed by atoms with Gasteiger partial charge in [0.1, 0.15) is 5.01 Å². The summed E-state index contributed by atoms with van der Waals surface area (Å²) in [4.78, 5) is 10.1. The van der Waals surface area contributed by atoms with Crippen molar-refractivity contribution in [1.82, 2.24) is 15.4 Å². The molecule has 0 radical (unpaired) electrons. The quantitative estimate of drug-likeness (QED) is 0.500. The third kappa shape index (κ3) is 4.08. The van der Waals surface area contributed by atoms with E-state index in [1.165, 1.54) is 0 Å². The maximum atomic E-state index is 5.39. The van der Waals surface area contributed by atoms with Gasteiger partial charge in [-0.1, -0.05) is 13.3 Å². The van der Waals surface area contributed by atoms with Crippen molar-refractivity contribution in [3.63, 3.8) is 0 Å². The highest BCUT2D eigenvalue weighted by atomic mass is 32.1. The van der Waals surface area contributed by atoms with Crippen LogP contribution in [-0.2, 0) is 6.42 Å². The molecule has 0 saturated carbocycles. The second-order valence-corrected chi connectivity index (χ2v) is 6.33. The Bertz CT molecular complexity index is 706. The van der Waals surface area contributed by atoms with Crippen LogP contribution in [0.1, 0.15) is 36.5 Å². The minimum absolute atomic E-state index is 0.153.